The SMILES string of the molecule is COC(=O)CCc1ccc2c(c1)NCC1CCCC21. The second-order valence-electron chi connectivity index (χ2n) is 5.68. The fraction of sp³-hybridized carbons (Fsp3) is 0.562. The number of hydrogen-bond acceptors (Lipinski definition) is 3. The van der Waals surface area contributed by atoms with Crippen molar-refractivity contribution < 1.29 is 9.53 Å². The highest BCUT2D eigenvalue weighted by atomic mass is 16.5. The number of carbonyl (C=O) groups excluding carboxylic acids is 1. The first-order chi connectivity index (χ1) is 9.28. The van der Waals surface area contributed by atoms with E-state index in [1.54, 1.807) is 0 Å². The molecule has 102 valence electrons. The van der Waals surface area contributed by atoms with Crippen LogP contribution in [0, 0.1) is 5.92 Å². The van der Waals surface area contributed by atoms with Crippen LogP contribution in [0.4, 0.5) is 5.69 Å². The van der Waals surface area contributed by atoms with Crippen molar-refractivity contribution in [1.82, 2.24) is 0 Å². The van der Waals surface area contributed by atoms with Gasteiger partial charge in [-0.05, 0) is 48.3 Å². The Bertz CT molecular complexity index is 484. The molecule has 3 heteroatoms. The lowest BCUT2D eigenvalue weighted by molar-refractivity contribution is -0.140. The van der Waals surface area contributed by atoms with Crippen molar-refractivity contribution in [2.24, 2.45) is 5.92 Å². The van der Waals surface area contributed by atoms with E-state index in [1.807, 2.05) is 0 Å². The number of anilines is 1. The van der Waals surface area contributed by atoms with E-state index in [0.717, 1.165) is 24.8 Å². The molecule has 3 nitrogen and oxygen atoms in total. The minimum Gasteiger partial charge on any atom is -0.469 e. The van der Waals surface area contributed by atoms with E-state index in [4.69, 9.17) is 0 Å². The molecule has 0 bridgehead atoms. The molecule has 1 N–H and O–H groups in total. The average Bonchev–Trinajstić information content (AvgIpc) is 2.93. The van der Waals surface area contributed by atoms with E-state index in [9.17, 15) is 4.79 Å². The van der Waals surface area contributed by atoms with Gasteiger partial charge in [-0.25, -0.2) is 0 Å². The van der Waals surface area contributed by atoms with Crippen LogP contribution in [-0.4, -0.2) is 19.6 Å². The Morgan fingerprint density at radius 1 is 1.42 bits per heavy atom. The number of hydrogen-bond donors (Lipinski definition) is 1. The quantitative estimate of drug-likeness (QED) is 0.848. The van der Waals surface area contributed by atoms with Gasteiger partial charge in [0.1, 0.15) is 0 Å². The molecule has 1 saturated carbocycles. The number of rotatable bonds is 3. The Kier molecular flexibility index (Phi) is 3.45. The van der Waals surface area contributed by atoms with Gasteiger partial charge in [0.15, 0.2) is 0 Å². The first-order valence-corrected chi connectivity index (χ1v) is 7.21. The molecular weight excluding hydrogens is 238 g/mol. The Hall–Kier alpha value is -1.51. The maximum Gasteiger partial charge on any atom is 0.305 e. The van der Waals surface area contributed by atoms with E-state index in [0.29, 0.717) is 6.42 Å². The highest BCUT2D eigenvalue weighted by molar-refractivity contribution is 5.69. The van der Waals surface area contributed by atoms with Crippen molar-refractivity contribution >= 4 is 11.7 Å². The van der Waals surface area contributed by atoms with Crippen molar-refractivity contribution in [3.63, 3.8) is 0 Å². The zero-order chi connectivity index (χ0) is 13.2. The molecular formula is C16H21NO2. The zero-order valence-electron chi connectivity index (χ0n) is 11.4. The molecule has 1 aliphatic carbocycles. The zero-order valence-corrected chi connectivity index (χ0v) is 11.4. The van der Waals surface area contributed by atoms with E-state index in [1.165, 1.54) is 43.2 Å². The summed E-state index contributed by atoms with van der Waals surface area (Å²) >= 11 is 0. The van der Waals surface area contributed by atoms with Crippen molar-refractivity contribution in [3.8, 4) is 0 Å². The summed E-state index contributed by atoms with van der Waals surface area (Å²) in [7, 11) is 1.44. The molecule has 2 unspecified atom stereocenters. The summed E-state index contributed by atoms with van der Waals surface area (Å²) in [6.07, 6.45) is 5.28. The lowest BCUT2D eigenvalue weighted by Crippen LogP contribution is -2.24. The molecule has 0 spiro atoms. The predicted octanol–water partition coefficient (Wildman–Crippen LogP) is 3.10. The number of nitrogens with one attached hydrogen (secondary N) is 1. The summed E-state index contributed by atoms with van der Waals surface area (Å²) in [5.74, 6) is 1.45. The van der Waals surface area contributed by atoms with Crippen LogP contribution in [-0.2, 0) is 16.0 Å². The predicted molar refractivity (Wildman–Crippen MR) is 75.4 cm³/mol. The Morgan fingerprint density at radius 3 is 3.16 bits per heavy atom. The molecule has 1 fully saturated rings. The molecule has 3 rings (SSSR count). The van der Waals surface area contributed by atoms with Gasteiger partial charge < -0.3 is 10.1 Å². The number of aryl methyl sites for hydroxylation is 1. The van der Waals surface area contributed by atoms with Gasteiger partial charge >= 0.3 is 5.97 Å². The van der Waals surface area contributed by atoms with Crippen LogP contribution in [0.2, 0.25) is 0 Å². The van der Waals surface area contributed by atoms with E-state index in [2.05, 4.69) is 28.3 Å². The third kappa shape index (κ3) is 2.46. The maximum absolute atomic E-state index is 11.2. The topological polar surface area (TPSA) is 38.3 Å². The van der Waals surface area contributed by atoms with Crippen LogP contribution in [0.5, 0.6) is 0 Å². The number of methoxy groups -OCH3 is 1. The maximum atomic E-state index is 11.2. The molecule has 0 amide bonds. The van der Waals surface area contributed by atoms with Gasteiger partial charge in [0, 0.05) is 18.7 Å². The number of carbonyl (C=O) groups is 1. The van der Waals surface area contributed by atoms with Crippen molar-refractivity contribution in [3.05, 3.63) is 29.3 Å². The molecule has 2 aliphatic rings. The Balaban J connectivity index is 1.75. The van der Waals surface area contributed by atoms with Crippen LogP contribution in [0.1, 0.15) is 42.7 Å². The molecule has 0 saturated heterocycles. The van der Waals surface area contributed by atoms with Crippen molar-refractivity contribution in [2.75, 3.05) is 19.0 Å². The lowest BCUT2D eigenvalue weighted by atomic mass is 9.84. The van der Waals surface area contributed by atoms with Crippen LogP contribution in [0.25, 0.3) is 0 Å². The van der Waals surface area contributed by atoms with E-state index >= 15 is 0 Å². The standard InChI is InChI=1S/C16H21NO2/c1-19-16(18)8-6-11-5-7-14-13-4-2-3-12(13)10-17-15(14)9-11/h5,7,9,12-13,17H,2-4,6,8,10H2,1H3. The number of benzene rings is 1. The van der Waals surface area contributed by atoms with Gasteiger partial charge in [-0.15, -0.1) is 0 Å². The van der Waals surface area contributed by atoms with Crippen LogP contribution in [0.15, 0.2) is 18.2 Å². The van der Waals surface area contributed by atoms with Gasteiger partial charge in [-0.1, -0.05) is 18.6 Å². The van der Waals surface area contributed by atoms with Crippen molar-refractivity contribution in [1.29, 1.82) is 0 Å². The number of esters is 1. The smallest absolute Gasteiger partial charge is 0.305 e. The Labute approximate surface area is 114 Å². The fourth-order valence-electron chi connectivity index (χ4n) is 3.52. The molecule has 1 heterocycles. The first-order valence-electron chi connectivity index (χ1n) is 7.21. The highest BCUT2D eigenvalue weighted by Gasteiger charge is 2.33. The number of fused-ring (bicyclic) bond motifs is 3. The van der Waals surface area contributed by atoms with E-state index in [-0.39, 0.29) is 5.97 Å². The average molecular weight is 259 g/mol. The minimum atomic E-state index is -0.137. The van der Waals surface area contributed by atoms with Gasteiger partial charge in [0.25, 0.3) is 0 Å². The second-order valence-corrected chi connectivity index (χ2v) is 5.68. The summed E-state index contributed by atoms with van der Waals surface area (Å²) in [5, 5.41) is 3.56. The molecule has 0 aromatic heterocycles. The molecule has 1 aromatic carbocycles. The second kappa shape index (κ2) is 5.24. The molecule has 19 heavy (non-hydrogen) atoms. The van der Waals surface area contributed by atoms with Gasteiger partial charge in [0.2, 0.25) is 0 Å². The summed E-state index contributed by atoms with van der Waals surface area (Å²) in [4.78, 5) is 11.2. The first kappa shape index (κ1) is 12.5. The normalized spacial score (nSPS) is 24.3. The largest absolute Gasteiger partial charge is 0.469 e. The monoisotopic (exact) mass is 259 g/mol. The third-order valence-corrected chi connectivity index (χ3v) is 4.58. The fourth-order valence-corrected chi connectivity index (χ4v) is 3.52. The van der Waals surface area contributed by atoms with Crippen LogP contribution < -0.4 is 5.32 Å². The highest BCUT2D eigenvalue weighted by Crippen LogP contribution is 2.45. The van der Waals surface area contributed by atoms with Crippen LogP contribution >= 0.6 is 0 Å². The number of ether oxygens (including phenoxy) is 1. The lowest BCUT2D eigenvalue weighted by Gasteiger charge is -2.30. The molecule has 0 radical (unpaired) electrons. The summed E-state index contributed by atoms with van der Waals surface area (Å²) < 4.78 is 4.69. The summed E-state index contributed by atoms with van der Waals surface area (Å²) in [5.41, 5.74) is 3.98. The third-order valence-electron chi connectivity index (χ3n) is 4.58. The Morgan fingerprint density at radius 2 is 2.32 bits per heavy atom. The summed E-state index contributed by atoms with van der Waals surface area (Å²) in [6, 6.07) is 6.65. The van der Waals surface area contributed by atoms with E-state index < -0.39 is 0 Å². The molecule has 1 aromatic rings. The van der Waals surface area contributed by atoms with Crippen molar-refractivity contribution in [2.45, 2.75) is 38.0 Å². The molecule has 2 atom stereocenters. The van der Waals surface area contributed by atoms with Gasteiger partial charge in [0.05, 0.1) is 7.11 Å². The van der Waals surface area contributed by atoms with Gasteiger partial charge in [-0.2, -0.15) is 0 Å². The minimum absolute atomic E-state index is 0.137. The van der Waals surface area contributed by atoms with Gasteiger partial charge in [-0.3, -0.25) is 4.79 Å². The summed E-state index contributed by atoms with van der Waals surface area (Å²) in [6.45, 7) is 1.11. The van der Waals surface area contributed by atoms with Crippen LogP contribution in [0.3, 0.4) is 0 Å². The molecule has 1 aliphatic heterocycles.